The minimum absolute atomic E-state index is 0.402. The van der Waals surface area contributed by atoms with E-state index in [-0.39, 0.29) is 0 Å². The van der Waals surface area contributed by atoms with Gasteiger partial charge in [0.2, 0.25) is 0 Å². The van der Waals surface area contributed by atoms with Crippen molar-refractivity contribution in [2.75, 3.05) is 0 Å². The highest BCUT2D eigenvalue weighted by Gasteiger charge is 2.15. The first-order valence-electron chi connectivity index (χ1n) is 12.6. The van der Waals surface area contributed by atoms with Gasteiger partial charge in [-0.25, -0.2) is 4.79 Å². The zero-order chi connectivity index (χ0) is 22.3. The Balaban J connectivity index is 2.13. The fraction of sp³-hybridized carbons (Fsp3) is 0.552. The molecule has 0 heterocycles. The Kier molecular flexibility index (Phi) is 12.0. The number of carboxylic acids is 1. The van der Waals surface area contributed by atoms with Crippen LogP contribution in [0.25, 0.3) is 11.1 Å². The Labute approximate surface area is 190 Å². The van der Waals surface area contributed by atoms with Crippen molar-refractivity contribution in [3.8, 4) is 11.1 Å². The van der Waals surface area contributed by atoms with E-state index in [1.807, 2.05) is 18.2 Å². The van der Waals surface area contributed by atoms with Crippen LogP contribution < -0.4 is 0 Å². The molecule has 0 aliphatic heterocycles. The molecule has 0 aliphatic carbocycles. The van der Waals surface area contributed by atoms with Gasteiger partial charge < -0.3 is 5.11 Å². The Morgan fingerprint density at radius 3 is 1.97 bits per heavy atom. The minimum Gasteiger partial charge on any atom is -0.478 e. The molecule has 2 heteroatoms. The summed E-state index contributed by atoms with van der Waals surface area (Å²) in [4.78, 5) is 11.6. The van der Waals surface area contributed by atoms with E-state index in [0.29, 0.717) is 11.5 Å². The molecular formula is C29H42O2. The highest BCUT2D eigenvalue weighted by Crippen LogP contribution is 2.30. The van der Waals surface area contributed by atoms with Crippen LogP contribution in [0.5, 0.6) is 0 Å². The molecule has 1 N–H and O–H groups in total. The zero-order valence-corrected chi connectivity index (χ0v) is 19.7. The lowest BCUT2D eigenvalue weighted by molar-refractivity contribution is 0.0696. The molecule has 1 unspecified atom stereocenters. The summed E-state index contributed by atoms with van der Waals surface area (Å²) < 4.78 is 0. The topological polar surface area (TPSA) is 37.3 Å². The van der Waals surface area contributed by atoms with Crippen molar-refractivity contribution in [3.05, 3.63) is 59.7 Å². The van der Waals surface area contributed by atoms with Gasteiger partial charge in [0, 0.05) is 0 Å². The van der Waals surface area contributed by atoms with Gasteiger partial charge in [-0.05, 0) is 41.2 Å². The van der Waals surface area contributed by atoms with Crippen LogP contribution in [0.2, 0.25) is 0 Å². The Morgan fingerprint density at radius 2 is 1.35 bits per heavy atom. The monoisotopic (exact) mass is 422 g/mol. The molecule has 0 spiro atoms. The molecule has 0 saturated carbocycles. The number of carboxylic acid groups (broad SMARTS) is 1. The number of unbranched alkanes of at least 4 members (excludes halogenated alkanes) is 8. The summed E-state index contributed by atoms with van der Waals surface area (Å²) in [5.41, 5.74) is 3.96. The molecule has 31 heavy (non-hydrogen) atoms. The summed E-state index contributed by atoms with van der Waals surface area (Å²) in [6.07, 6.45) is 16.6. The van der Waals surface area contributed by atoms with Crippen molar-refractivity contribution >= 4 is 5.97 Å². The van der Waals surface area contributed by atoms with Gasteiger partial charge in [0.25, 0.3) is 0 Å². The first-order chi connectivity index (χ1) is 15.2. The van der Waals surface area contributed by atoms with Crippen LogP contribution in [0, 0.1) is 5.92 Å². The molecule has 0 aliphatic rings. The van der Waals surface area contributed by atoms with Crippen LogP contribution in [0.3, 0.4) is 0 Å². The van der Waals surface area contributed by atoms with Crippen LogP contribution in [0.1, 0.15) is 107 Å². The van der Waals surface area contributed by atoms with Crippen LogP contribution >= 0.6 is 0 Å². The van der Waals surface area contributed by atoms with Gasteiger partial charge >= 0.3 is 5.97 Å². The number of aromatic carboxylic acids is 1. The molecule has 0 radical (unpaired) electrons. The summed E-state index contributed by atoms with van der Waals surface area (Å²) in [5, 5.41) is 9.55. The zero-order valence-electron chi connectivity index (χ0n) is 19.7. The van der Waals surface area contributed by atoms with Crippen LogP contribution in [0.15, 0.2) is 48.5 Å². The number of carbonyl (C=O) groups is 1. The SMILES string of the molecule is CCCCCCCCC(CCCCCC)Cc1cc(C(=O)O)ccc1-c1ccccc1. The highest BCUT2D eigenvalue weighted by molar-refractivity contribution is 5.89. The molecule has 1 atom stereocenters. The summed E-state index contributed by atoms with van der Waals surface area (Å²) in [6.45, 7) is 4.53. The molecule has 2 rings (SSSR count). The lowest BCUT2D eigenvalue weighted by Gasteiger charge is -2.20. The minimum atomic E-state index is -0.837. The molecule has 170 valence electrons. The first-order valence-corrected chi connectivity index (χ1v) is 12.6. The summed E-state index contributed by atoms with van der Waals surface area (Å²) in [7, 11) is 0. The van der Waals surface area contributed by atoms with Crippen molar-refractivity contribution in [2.24, 2.45) is 5.92 Å². The second-order valence-electron chi connectivity index (χ2n) is 9.02. The molecular weight excluding hydrogens is 380 g/mol. The molecule has 2 aromatic carbocycles. The van der Waals surface area contributed by atoms with Crippen molar-refractivity contribution < 1.29 is 9.90 Å². The largest absolute Gasteiger partial charge is 0.478 e. The number of rotatable bonds is 16. The third kappa shape index (κ3) is 9.29. The normalized spacial score (nSPS) is 12.1. The van der Waals surface area contributed by atoms with E-state index < -0.39 is 5.97 Å². The van der Waals surface area contributed by atoms with E-state index >= 15 is 0 Å². The maximum atomic E-state index is 11.6. The maximum absolute atomic E-state index is 11.6. The quantitative estimate of drug-likeness (QED) is 0.274. The second kappa shape index (κ2) is 14.8. The van der Waals surface area contributed by atoms with Gasteiger partial charge in [-0.15, -0.1) is 0 Å². The summed E-state index contributed by atoms with van der Waals surface area (Å²) >= 11 is 0. The first kappa shape index (κ1) is 25.2. The van der Waals surface area contributed by atoms with E-state index in [9.17, 15) is 9.90 Å². The smallest absolute Gasteiger partial charge is 0.335 e. The molecule has 0 aromatic heterocycles. The van der Waals surface area contributed by atoms with E-state index in [2.05, 4.69) is 38.1 Å². The number of benzene rings is 2. The Morgan fingerprint density at radius 1 is 0.774 bits per heavy atom. The lowest BCUT2D eigenvalue weighted by Crippen LogP contribution is -2.08. The third-order valence-corrected chi connectivity index (χ3v) is 6.38. The van der Waals surface area contributed by atoms with Crippen molar-refractivity contribution in [3.63, 3.8) is 0 Å². The lowest BCUT2D eigenvalue weighted by atomic mass is 9.85. The van der Waals surface area contributed by atoms with Crippen molar-refractivity contribution in [1.29, 1.82) is 0 Å². The number of hydrogen-bond acceptors (Lipinski definition) is 1. The van der Waals surface area contributed by atoms with Gasteiger partial charge in [-0.2, -0.15) is 0 Å². The summed E-state index contributed by atoms with van der Waals surface area (Å²) in [5.74, 6) is -0.203. The number of hydrogen-bond donors (Lipinski definition) is 1. The Hall–Kier alpha value is -2.09. The second-order valence-corrected chi connectivity index (χ2v) is 9.02. The van der Waals surface area contributed by atoms with Gasteiger partial charge in [0.05, 0.1) is 5.56 Å². The molecule has 0 bridgehead atoms. The standard InChI is InChI=1S/C29H42O2/c1-3-5-7-9-10-13-17-24(16-12-8-6-4-2)22-27-23-26(29(30)31)20-21-28(27)25-18-14-11-15-19-25/h11,14-15,18-21,23-24H,3-10,12-13,16-17,22H2,1-2H3,(H,30,31). The average Bonchev–Trinajstić information content (AvgIpc) is 2.79. The predicted octanol–water partition coefficient (Wildman–Crippen LogP) is 8.93. The van der Waals surface area contributed by atoms with E-state index in [4.69, 9.17) is 0 Å². The van der Waals surface area contributed by atoms with Gasteiger partial charge in [-0.3, -0.25) is 0 Å². The molecule has 0 saturated heterocycles. The molecule has 2 aromatic rings. The summed E-state index contributed by atoms with van der Waals surface area (Å²) in [6, 6.07) is 16.1. The third-order valence-electron chi connectivity index (χ3n) is 6.38. The molecule has 0 fully saturated rings. The molecule has 0 amide bonds. The van der Waals surface area contributed by atoms with Crippen molar-refractivity contribution in [1.82, 2.24) is 0 Å². The van der Waals surface area contributed by atoms with E-state index in [0.717, 1.165) is 6.42 Å². The van der Waals surface area contributed by atoms with Crippen molar-refractivity contribution in [2.45, 2.75) is 97.3 Å². The predicted molar refractivity (Wildman–Crippen MR) is 133 cm³/mol. The van der Waals surface area contributed by atoms with Gasteiger partial charge in [0.15, 0.2) is 0 Å². The fourth-order valence-corrected chi connectivity index (χ4v) is 4.53. The maximum Gasteiger partial charge on any atom is 0.335 e. The highest BCUT2D eigenvalue weighted by atomic mass is 16.4. The van der Waals surface area contributed by atoms with Gasteiger partial charge in [-0.1, -0.05) is 127 Å². The van der Waals surface area contributed by atoms with Crippen LogP contribution in [-0.4, -0.2) is 11.1 Å². The van der Waals surface area contributed by atoms with Gasteiger partial charge in [0.1, 0.15) is 0 Å². The van der Waals surface area contributed by atoms with Crippen LogP contribution in [0.4, 0.5) is 0 Å². The Bertz CT molecular complexity index is 751. The van der Waals surface area contributed by atoms with E-state index in [1.54, 1.807) is 6.07 Å². The van der Waals surface area contributed by atoms with Crippen LogP contribution in [-0.2, 0) is 6.42 Å². The fourth-order valence-electron chi connectivity index (χ4n) is 4.53. The molecule has 2 nitrogen and oxygen atoms in total. The van der Waals surface area contributed by atoms with E-state index in [1.165, 1.54) is 93.7 Å². The average molecular weight is 423 g/mol.